The standard InChI is InChI=1S/C11H10O4S2/c1-7-8(5-9(15-7)11(12)13)6-17(14)10-3-2-4-16-10/h2-5H,6H2,1H3,(H,12,13). The summed E-state index contributed by atoms with van der Waals surface area (Å²) in [6.45, 7) is 1.67. The summed E-state index contributed by atoms with van der Waals surface area (Å²) < 4.78 is 17.8. The fourth-order valence-corrected chi connectivity index (χ4v) is 3.54. The molecule has 2 heterocycles. The van der Waals surface area contributed by atoms with E-state index in [1.807, 2.05) is 11.4 Å². The smallest absolute Gasteiger partial charge is 0.371 e. The predicted octanol–water partition coefficient (Wildman–Crippen LogP) is 2.66. The highest BCUT2D eigenvalue weighted by Crippen LogP contribution is 2.21. The van der Waals surface area contributed by atoms with Gasteiger partial charge in [0.2, 0.25) is 5.76 Å². The van der Waals surface area contributed by atoms with E-state index in [-0.39, 0.29) is 11.5 Å². The zero-order valence-corrected chi connectivity index (χ0v) is 10.6. The van der Waals surface area contributed by atoms with Gasteiger partial charge in [-0.05, 0) is 24.4 Å². The number of aryl methyl sites for hydroxylation is 1. The summed E-state index contributed by atoms with van der Waals surface area (Å²) in [4.78, 5) is 10.7. The number of rotatable bonds is 4. The molecule has 90 valence electrons. The van der Waals surface area contributed by atoms with Gasteiger partial charge in [0.25, 0.3) is 0 Å². The highest BCUT2D eigenvalue weighted by Gasteiger charge is 2.15. The van der Waals surface area contributed by atoms with Crippen LogP contribution in [0.4, 0.5) is 0 Å². The monoisotopic (exact) mass is 270 g/mol. The number of thiophene rings is 1. The first-order valence-electron chi connectivity index (χ1n) is 4.82. The SMILES string of the molecule is Cc1oc(C(=O)O)cc1CS(=O)c1cccs1. The van der Waals surface area contributed by atoms with Crippen molar-refractivity contribution in [2.75, 3.05) is 0 Å². The maximum Gasteiger partial charge on any atom is 0.371 e. The fourth-order valence-electron chi connectivity index (χ4n) is 1.37. The molecule has 0 aliphatic heterocycles. The average Bonchev–Trinajstić information content (AvgIpc) is 2.88. The Kier molecular flexibility index (Phi) is 3.44. The maximum absolute atomic E-state index is 11.9. The first-order chi connectivity index (χ1) is 8.08. The van der Waals surface area contributed by atoms with Crippen LogP contribution in [0.25, 0.3) is 0 Å². The number of hydrogen-bond acceptors (Lipinski definition) is 4. The number of hydrogen-bond donors (Lipinski definition) is 1. The second-order valence-corrected chi connectivity index (χ2v) is 6.04. The van der Waals surface area contributed by atoms with Gasteiger partial charge in [-0.25, -0.2) is 4.79 Å². The number of carbonyl (C=O) groups is 1. The molecule has 0 aromatic carbocycles. The molecule has 6 heteroatoms. The van der Waals surface area contributed by atoms with Crippen molar-refractivity contribution in [2.45, 2.75) is 16.9 Å². The van der Waals surface area contributed by atoms with Gasteiger partial charge in [-0.15, -0.1) is 11.3 Å². The van der Waals surface area contributed by atoms with E-state index in [0.29, 0.717) is 11.3 Å². The maximum atomic E-state index is 11.9. The van der Waals surface area contributed by atoms with E-state index in [0.717, 1.165) is 4.21 Å². The summed E-state index contributed by atoms with van der Waals surface area (Å²) in [6.07, 6.45) is 0. The average molecular weight is 270 g/mol. The van der Waals surface area contributed by atoms with E-state index in [1.165, 1.54) is 17.4 Å². The molecule has 17 heavy (non-hydrogen) atoms. The van der Waals surface area contributed by atoms with Crippen LogP contribution in [0.3, 0.4) is 0 Å². The summed E-state index contributed by atoms with van der Waals surface area (Å²) in [7, 11) is -1.15. The molecule has 0 fully saturated rings. The van der Waals surface area contributed by atoms with Gasteiger partial charge < -0.3 is 9.52 Å². The van der Waals surface area contributed by atoms with Crippen molar-refractivity contribution in [3.05, 3.63) is 40.7 Å². The molecule has 1 N–H and O–H groups in total. The van der Waals surface area contributed by atoms with Gasteiger partial charge in [0.1, 0.15) is 5.76 Å². The summed E-state index contributed by atoms with van der Waals surface area (Å²) in [6, 6.07) is 5.07. The van der Waals surface area contributed by atoms with Gasteiger partial charge in [-0.3, -0.25) is 4.21 Å². The van der Waals surface area contributed by atoms with E-state index < -0.39 is 16.8 Å². The normalized spacial score (nSPS) is 12.5. The van der Waals surface area contributed by atoms with Crippen LogP contribution >= 0.6 is 11.3 Å². The summed E-state index contributed by atoms with van der Waals surface area (Å²) in [5, 5.41) is 10.6. The van der Waals surface area contributed by atoms with Gasteiger partial charge in [-0.1, -0.05) is 6.07 Å². The van der Waals surface area contributed by atoms with Crippen LogP contribution in [-0.2, 0) is 16.6 Å². The third-order valence-corrected chi connectivity index (χ3v) is 4.90. The number of carboxylic acids is 1. The number of carboxylic acid groups (broad SMARTS) is 1. The van der Waals surface area contributed by atoms with Crippen LogP contribution < -0.4 is 0 Å². The Labute approximate surface area is 104 Å². The Morgan fingerprint density at radius 2 is 2.35 bits per heavy atom. The lowest BCUT2D eigenvalue weighted by Gasteiger charge is -1.97. The molecule has 2 aromatic rings. The van der Waals surface area contributed by atoms with Crippen molar-refractivity contribution in [1.82, 2.24) is 0 Å². The van der Waals surface area contributed by atoms with E-state index in [1.54, 1.807) is 13.0 Å². The zero-order valence-electron chi connectivity index (χ0n) is 9.00. The van der Waals surface area contributed by atoms with E-state index in [4.69, 9.17) is 9.52 Å². The van der Waals surface area contributed by atoms with E-state index in [9.17, 15) is 9.00 Å². The van der Waals surface area contributed by atoms with E-state index in [2.05, 4.69) is 0 Å². The molecule has 1 atom stereocenters. The van der Waals surface area contributed by atoms with Crippen LogP contribution in [0.5, 0.6) is 0 Å². The fraction of sp³-hybridized carbons (Fsp3) is 0.182. The molecule has 0 bridgehead atoms. The molecule has 4 nitrogen and oxygen atoms in total. The first-order valence-corrected chi connectivity index (χ1v) is 7.02. The molecular weight excluding hydrogens is 260 g/mol. The van der Waals surface area contributed by atoms with Crippen molar-refractivity contribution in [1.29, 1.82) is 0 Å². The Morgan fingerprint density at radius 3 is 2.88 bits per heavy atom. The van der Waals surface area contributed by atoms with Crippen molar-refractivity contribution in [3.63, 3.8) is 0 Å². The zero-order chi connectivity index (χ0) is 12.4. The van der Waals surface area contributed by atoms with Crippen molar-refractivity contribution < 1.29 is 18.5 Å². The van der Waals surface area contributed by atoms with Crippen molar-refractivity contribution >= 4 is 28.1 Å². The quantitative estimate of drug-likeness (QED) is 0.927. The molecule has 0 radical (unpaired) electrons. The first kappa shape index (κ1) is 12.1. The second kappa shape index (κ2) is 4.85. The van der Waals surface area contributed by atoms with Crippen LogP contribution in [0, 0.1) is 6.92 Å². The Hall–Kier alpha value is -1.40. The van der Waals surface area contributed by atoms with Crippen molar-refractivity contribution in [3.8, 4) is 0 Å². The highest BCUT2D eigenvalue weighted by atomic mass is 32.2. The number of aromatic carboxylic acids is 1. The Balaban J connectivity index is 2.19. The molecule has 2 aromatic heterocycles. The van der Waals surface area contributed by atoms with Crippen molar-refractivity contribution in [2.24, 2.45) is 0 Å². The molecule has 0 aliphatic rings. The lowest BCUT2D eigenvalue weighted by molar-refractivity contribution is 0.0661. The Bertz CT molecular complexity index is 554. The summed E-state index contributed by atoms with van der Waals surface area (Å²) >= 11 is 1.42. The lowest BCUT2D eigenvalue weighted by Crippen LogP contribution is -1.95. The largest absolute Gasteiger partial charge is 0.475 e. The molecule has 0 saturated heterocycles. The van der Waals surface area contributed by atoms with Gasteiger partial charge >= 0.3 is 5.97 Å². The molecule has 1 unspecified atom stereocenters. The molecule has 0 aliphatic carbocycles. The Morgan fingerprint density at radius 1 is 1.59 bits per heavy atom. The van der Waals surface area contributed by atoms with Gasteiger partial charge in [0.15, 0.2) is 0 Å². The molecule has 2 rings (SSSR count). The van der Waals surface area contributed by atoms with E-state index >= 15 is 0 Å². The number of furan rings is 1. The van der Waals surface area contributed by atoms with Crippen LogP contribution in [0.15, 0.2) is 32.2 Å². The minimum atomic E-state index is -1.15. The highest BCUT2D eigenvalue weighted by molar-refractivity contribution is 7.86. The third kappa shape index (κ3) is 2.65. The van der Waals surface area contributed by atoms with Crippen LogP contribution in [-0.4, -0.2) is 15.3 Å². The van der Waals surface area contributed by atoms with Gasteiger partial charge in [0, 0.05) is 5.56 Å². The third-order valence-electron chi connectivity index (χ3n) is 2.24. The molecule has 0 saturated carbocycles. The predicted molar refractivity (Wildman–Crippen MR) is 64.8 cm³/mol. The lowest BCUT2D eigenvalue weighted by atomic mass is 10.3. The molecular formula is C11H10O4S2. The minimum Gasteiger partial charge on any atom is -0.475 e. The second-order valence-electron chi connectivity index (χ2n) is 3.42. The molecule has 0 amide bonds. The van der Waals surface area contributed by atoms with Gasteiger partial charge in [0.05, 0.1) is 20.8 Å². The van der Waals surface area contributed by atoms with Crippen LogP contribution in [0.2, 0.25) is 0 Å². The summed E-state index contributed by atoms with van der Waals surface area (Å²) in [5.41, 5.74) is 0.675. The van der Waals surface area contributed by atoms with Crippen LogP contribution in [0.1, 0.15) is 21.9 Å². The topological polar surface area (TPSA) is 67.5 Å². The molecule has 0 spiro atoms. The summed E-state index contributed by atoms with van der Waals surface area (Å²) in [5.74, 6) is -0.433. The minimum absolute atomic E-state index is 0.110. The van der Waals surface area contributed by atoms with Gasteiger partial charge in [-0.2, -0.15) is 0 Å².